The van der Waals surface area contributed by atoms with Crippen molar-refractivity contribution < 1.29 is 9.53 Å². The first kappa shape index (κ1) is 16.8. The molecule has 1 atom stereocenters. The number of carbonyl (C=O) groups excluding carboxylic acids is 1. The topological polar surface area (TPSA) is 58.8 Å². The van der Waals surface area contributed by atoms with E-state index in [0.29, 0.717) is 13.1 Å². The first-order valence-electron chi connectivity index (χ1n) is 7.85. The SMILES string of the molecule is CC(C)(C)OC(=O)N1CCN(Cc2ccccc2)CC1CN. The molecule has 1 aromatic rings. The molecule has 122 valence electrons. The minimum atomic E-state index is -0.475. The third-order valence-corrected chi connectivity index (χ3v) is 3.72. The lowest BCUT2D eigenvalue weighted by Gasteiger charge is -2.41. The van der Waals surface area contributed by atoms with Crippen molar-refractivity contribution in [3.63, 3.8) is 0 Å². The smallest absolute Gasteiger partial charge is 0.410 e. The maximum Gasteiger partial charge on any atom is 0.410 e. The van der Waals surface area contributed by atoms with Crippen LogP contribution in [0.1, 0.15) is 26.3 Å². The zero-order valence-corrected chi connectivity index (χ0v) is 13.8. The predicted octanol–water partition coefficient (Wildman–Crippen LogP) is 2.07. The fourth-order valence-electron chi connectivity index (χ4n) is 2.67. The molecule has 2 rings (SSSR count). The van der Waals surface area contributed by atoms with Gasteiger partial charge in [0.1, 0.15) is 5.60 Å². The highest BCUT2D eigenvalue weighted by molar-refractivity contribution is 5.68. The molecule has 1 aliphatic heterocycles. The molecule has 0 bridgehead atoms. The van der Waals surface area contributed by atoms with E-state index in [-0.39, 0.29) is 12.1 Å². The summed E-state index contributed by atoms with van der Waals surface area (Å²) in [4.78, 5) is 16.4. The van der Waals surface area contributed by atoms with E-state index >= 15 is 0 Å². The molecule has 2 N–H and O–H groups in total. The Kier molecular flexibility index (Phi) is 5.42. The van der Waals surface area contributed by atoms with Gasteiger partial charge in [0.05, 0.1) is 6.04 Å². The second-order valence-electron chi connectivity index (χ2n) is 6.78. The number of nitrogens with zero attached hydrogens (tertiary/aromatic N) is 2. The highest BCUT2D eigenvalue weighted by Gasteiger charge is 2.32. The number of hydrogen-bond donors (Lipinski definition) is 1. The maximum absolute atomic E-state index is 12.3. The van der Waals surface area contributed by atoms with E-state index in [4.69, 9.17) is 10.5 Å². The Morgan fingerprint density at radius 1 is 1.27 bits per heavy atom. The van der Waals surface area contributed by atoms with Crippen LogP contribution >= 0.6 is 0 Å². The van der Waals surface area contributed by atoms with E-state index in [9.17, 15) is 4.79 Å². The number of carbonyl (C=O) groups is 1. The summed E-state index contributed by atoms with van der Waals surface area (Å²) in [5, 5.41) is 0. The largest absolute Gasteiger partial charge is 0.444 e. The maximum atomic E-state index is 12.3. The average Bonchev–Trinajstić information content (AvgIpc) is 2.46. The van der Waals surface area contributed by atoms with E-state index < -0.39 is 5.60 Å². The van der Waals surface area contributed by atoms with Crippen LogP contribution in [0, 0.1) is 0 Å². The van der Waals surface area contributed by atoms with Crippen LogP contribution in [0.5, 0.6) is 0 Å². The number of amides is 1. The summed E-state index contributed by atoms with van der Waals surface area (Å²) in [7, 11) is 0. The highest BCUT2D eigenvalue weighted by Crippen LogP contribution is 2.17. The van der Waals surface area contributed by atoms with E-state index in [0.717, 1.165) is 19.6 Å². The number of nitrogens with two attached hydrogens (primary N) is 1. The van der Waals surface area contributed by atoms with Crippen molar-refractivity contribution >= 4 is 6.09 Å². The molecule has 5 heteroatoms. The van der Waals surface area contributed by atoms with Gasteiger partial charge in [0, 0.05) is 32.7 Å². The number of ether oxygens (including phenoxy) is 1. The molecule has 1 aromatic carbocycles. The van der Waals surface area contributed by atoms with Crippen LogP contribution in [-0.2, 0) is 11.3 Å². The monoisotopic (exact) mass is 305 g/mol. The molecule has 1 fully saturated rings. The number of rotatable bonds is 3. The molecule has 1 unspecified atom stereocenters. The van der Waals surface area contributed by atoms with Gasteiger partial charge in [-0.3, -0.25) is 4.90 Å². The van der Waals surface area contributed by atoms with Crippen LogP contribution in [0.3, 0.4) is 0 Å². The van der Waals surface area contributed by atoms with Gasteiger partial charge in [-0.15, -0.1) is 0 Å². The summed E-state index contributed by atoms with van der Waals surface area (Å²) in [5.74, 6) is 0. The Morgan fingerprint density at radius 3 is 2.55 bits per heavy atom. The Labute approximate surface area is 133 Å². The van der Waals surface area contributed by atoms with Crippen molar-refractivity contribution in [3.05, 3.63) is 35.9 Å². The molecule has 0 saturated carbocycles. The zero-order chi connectivity index (χ0) is 16.2. The van der Waals surface area contributed by atoms with Crippen molar-refractivity contribution in [2.75, 3.05) is 26.2 Å². The third kappa shape index (κ3) is 4.71. The van der Waals surface area contributed by atoms with Crippen LogP contribution in [0.2, 0.25) is 0 Å². The molecular formula is C17H27N3O2. The molecule has 0 aromatic heterocycles. The first-order chi connectivity index (χ1) is 10.4. The van der Waals surface area contributed by atoms with E-state index in [1.165, 1.54) is 5.56 Å². The van der Waals surface area contributed by atoms with Gasteiger partial charge in [-0.25, -0.2) is 4.79 Å². The van der Waals surface area contributed by atoms with Crippen molar-refractivity contribution in [3.8, 4) is 0 Å². The number of piperazine rings is 1. The fourth-order valence-corrected chi connectivity index (χ4v) is 2.67. The van der Waals surface area contributed by atoms with E-state index in [1.807, 2.05) is 39.0 Å². The van der Waals surface area contributed by atoms with Gasteiger partial charge in [-0.2, -0.15) is 0 Å². The van der Waals surface area contributed by atoms with Gasteiger partial charge in [0.25, 0.3) is 0 Å². The molecule has 0 aliphatic carbocycles. The van der Waals surface area contributed by atoms with E-state index in [2.05, 4.69) is 17.0 Å². The third-order valence-electron chi connectivity index (χ3n) is 3.72. The predicted molar refractivity (Wildman–Crippen MR) is 87.5 cm³/mol. The van der Waals surface area contributed by atoms with Crippen LogP contribution in [0.25, 0.3) is 0 Å². The average molecular weight is 305 g/mol. The summed E-state index contributed by atoms with van der Waals surface area (Å²) in [6, 6.07) is 10.4. The van der Waals surface area contributed by atoms with Crippen molar-refractivity contribution in [1.82, 2.24) is 9.80 Å². The zero-order valence-electron chi connectivity index (χ0n) is 13.8. The normalized spacial score (nSPS) is 20.0. The summed E-state index contributed by atoms with van der Waals surface area (Å²) in [5.41, 5.74) is 6.68. The Bertz CT molecular complexity index is 484. The minimum absolute atomic E-state index is 0.00677. The standard InChI is InChI=1S/C17H27N3O2/c1-17(2,3)22-16(21)20-10-9-19(13-15(20)11-18)12-14-7-5-4-6-8-14/h4-8,15H,9-13,18H2,1-3H3. The van der Waals surface area contributed by atoms with Crippen molar-refractivity contribution in [1.29, 1.82) is 0 Å². The Balaban J connectivity index is 1.95. The second-order valence-corrected chi connectivity index (χ2v) is 6.78. The lowest BCUT2D eigenvalue weighted by Crippen LogP contribution is -2.58. The minimum Gasteiger partial charge on any atom is -0.444 e. The van der Waals surface area contributed by atoms with Crippen molar-refractivity contribution in [2.45, 2.75) is 39.0 Å². The molecule has 1 heterocycles. The highest BCUT2D eigenvalue weighted by atomic mass is 16.6. The fraction of sp³-hybridized carbons (Fsp3) is 0.588. The molecule has 0 spiro atoms. The molecule has 0 radical (unpaired) electrons. The molecule has 5 nitrogen and oxygen atoms in total. The molecule has 1 saturated heterocycles. The van der Waals surface area contributed by atoms with Gasteiger partial charge in [-0.05, 0) is 26.3 Å². The number of benzene rings is 1. The summed E-state index contributed by atoms with van der Waals surface area (Å²) >= 11 is 0. The lowest BCUT2D eigenvalue weighted by molar-refractivity contribution is -0.000985. The second kappa shape index (κ2) is 7.11. The molecule has 1 aliphatic rings. The Morgan fingerprint density at radius 2 is 1.95 bits per heavy atom. The van der Waals surface area contributed by atoms with Crippen LogP contribution in [0.4, 0.5) is 4.79 Å². The van der Waals surface area contributed by atoms with Gasteiger partial charge in [0.15, 0.2) is 0 Å². The lowest BCUT2D eigenvalue weighted by atomic mass is 10.1. The van der Waals surface area contributed by atoms with E-state index in [1.54, 1.807) is 4.90 Å². The molecular weight excluding hydrogens is 278 g/mol. The quantitative estimate of drug-likeness (QED) is 0.929. The summed E-state index contributed by atoms with van der Waals surface area (Å²) < 4.78 is 5.48. The van der Waals surface area contributed by atoms with Gasteiger partial charge in [-0.1, -0.05) is 30.3 Å². The van der Waals surface area contributed by atoms with Crippen LogP contribution < -0.4 is 5.73 Å². The van der Waals surface area contributed by atoms with Crippen molar-refractivity contribution in [2.24, 2.45) is 5.73 Å². The van der Waals surface area contributed by atoms with Crippen LogP contribution in [0.15, 0.2) is 30.3 Å². The number of hydrogen-bond acceptors (Lipinski definition) is 4. The summed E-state index contributed by atoms with van der Waals surface area (Å²) in [6.07, 6.45) is -0.262. The van der Waals surface area contributed by atoms with Crippen LogP contribution in [-0.4, -0.2) is 53.7 Å². The Hall–Kier alpha value is -1.59. The summed E-state index contributed by atoms with van der Waals surface area (Å²) in [6.45, 7) is 9.26. The van der Waals surface area contributed by atoms with Gasteiger partial charge in [0.2, 0.25) is 0 Å². The first-order valence-corrected chi connectivity index (χ1v) is 7.85. The molecule has 1 amide bonds. The van der Waals surface area contributed by atoms with Gasteiger partial charge >= 0.3 is 6.09 Å². The molecule has 22 heavy (non-hydrogen) atoms. The van der Waals surface area contributed by atoms with Gasteiger partial charge < -0.3 is 15.4 Å².